The first-order chi connectivity index (χ1) is 12.2. The van der Waals surface area contributed by atoms with Crippen LogP contribution >= 0.6 is 0 Å². The Morgan fingerprint density at radius 2 is 1.84 bits per heavy atom. The molecule has 0 aliphatic carbocycles. The van der Waals surface area contributed by atoms with Crippen molar-refractivity contribution in [3.8, 4) is 11.1 Å². The number of rotatable bonds is 0. The van der Waals surface area contributed by atoms with Gasteiger partial charge in [-0.3, -0.25) is 0 Å². The molecular weight excluding hydrogens is 319 g/mol. The number of aromatic nitrogens is 3. The van der Waals surface area contributed by atoms with Crippen LogP contribution in [0.1, 0.15) is 5.56 Å². The number of nitrogens with zero attached hydrogens (tertiary/aromatic N) is 3. The molecular formula is C18H19FN6. The van der Waals surface area contributed by atoms with Crippen LogP contribution in [-0.2, 0) is 0 Å². The average Bonchev–Trinajstić information content (AvgIpc) is 3.02. The lowest BCUT2D eigenvalue weighted by Gasteiger charge is -2.12. The van der Waals surface area contributed by atoms with Crippen molar-refractivity contribution in [3.05, 3.63) is 54.6 Å². The summed E-state index contributed by atoms with van der Waals surface area (Å²) in [5.74, 6) is 0.455. The van der Waals surface area contributed by atoms with Crippen molar-refractivity contribution in [3.63, 3.8) is 0 Å². The van der Waals surface area contributed by atoms with Gasteiger partial charge in [0.1, 0.15) is 11.6 Å². The molecule has 2 aromatic heterocycles. The lowest BCUT2D eigenvalue weighted by Crippen LogP contribution is -2.29. The van der Waals surface area contributed by atoms with Crippen LogP contribution in [0.15, 0.2) is 43.2 Å². The topological polar surface area (TPSA) is 66.3 Å². The molecule has 3 aromatic rings. The van der Waals surface area contributed by atoms with Gasteiger partial charge in [0, 0.05) is 49.2 Å². The predicted octanol–water partition coefficient (Wildman–Crippen LogP) is 2.11. The molecule has 6 nitrogen and oxygen atoms in total. The maximum Gasteiger partial charge on any atom is 0.165 e. The molecule has 3 heterocycles. The van der Waals surface area contributed by atoms with E-state index in [0.29, 0.717) is 17.9 Å². The minimum absolute atomic E-state index is 0.313. The molecule has 0 amide bonds. The summed E-state index contributed by atoms with van der Waals surface area (Å²) in [5, 5.41) is 14.2. The van der Waals surface area contributed by atoms with Crippen molar-refractivity contribution >= 4 is 17.2 Å². The summed E-state index contributed by atoms with van der Waals surface area (Å²) in [6.07, 6.45) is 3.56. The second kappa shape index (κ2) is 6.52. The van der Waals surface area contributed by atoms with Gasteiger partial charge < -0.3 is 16.0 Å². The van der Waals surface area contributed by atoms with Crippen LogP contribution in [0.2, 0.25) is 0 Å². The summed E-state index contributed by atoms with van der Waals surface area (Å²) in [4.78, 5) is 4.63. The van der Waals surface area contributed by atoms with Crippen LogP contribution in [0.3, 0.4) is 0 Å². The van der Waals surface area contributed by atoms with Crippen LogP contribution < -0.4 is 16.0 Å². The van der Waals surface area contributed by atoms with Crippen molar-refractivity contribution in [2.24, 2.45) is 0 Å². The number of halogens is 1. The van der Waals surface area contributed by atoms with E-state index in [4.69, 9.17) is 0 Å². The molecule has 25 heavy (non-hydrogen) atoms. The number of fused-ring (bicyclic) bond motifs is 4. The third-order valence-corrected chi connectivity index (χ3v) is 4.17. The van der Waals surface area contributed by atoms with Crippen molar-refractivity contribution in [2.45, 2.75) is 0 Å². The third-order valence-electron chi connectivity index (χ3n) is 4.17. The predicted molar refractivity (Wildman–Crippen MR) is 96.8 cm³/mol. The van der Waals surface area contributed by atoms with Crippen molar-refractivity contribution < 1.29 is 4.39 Å². The Bertz CT molecular complexity index is 932. The van der Waals surface area contributed by atoms with Gasteiger partial charge >= 0.3 is 0 Å². The first-order valence-corrected chi connectivity index (χ1v) is 8.24. The monoisotopic (exact) mass is 338 g/mol. The third kappa shape index (κ3) is 3.18. The Kier molecular flexibility index (Phi) is 4.07. The Hall–Kier alpha value is -2.93. The first-order valence-electron chi connectivity index (χ1n) is 8.24. The first kappa shape index (κ1) is 15.6. The van der Waals surface area contributed by atoms with E-state index in [0.717, 1.165) is 42.1 Å². The molecule has 1 aromatic carbocycles. The second-order valence-electron chi connectivity index (χ2n) is 5.95. The lowest BCUT2D eigenvalue weighted by atomic mass is 10.0. The van der Waals surface area contributed by atoms with Gasteiger partial charge in [0.25, 0.3) is 0 Å². The van der Waals surface area contributed by atoms with Crippen LogP contribution in [0.5, 0.6) is 0 Å². The molecule has 4 bridgehead atoms. The van der Waals surface area contributed by atoms with Crippen molar-refractivity contribution in [1.82, 2.24) is 25.2 Å². The fourth-order valence-electron chi connectivity index (χ4n) is 2.90. The number of hydrogen-bond acceptors (Lipinski definition) is 5. The molecule has 3 N–H and O–H groups in total. The van der Waals surface area contributed by atoms with E-state index in [1.54, 1.807) is 10.7 Å². The molecule has 0 radical (unpaired) electrons. The largest absolute Gasteiger partial charge is 0.384 e. The molecule has 0 saturated carbocycles. The minimum Gasteiger partial charge on any atom is -0.384 e. The SMILES string of the molecule is C=C1NCCNCCNc2ccn3ncc(c3n2)-c2cc(F)cc1c2. The summed E-state index contributed by atoms with van der Waals surface area (Å²) in [6, 6.07) is 6.76. The van der Waals surface area contributed by atoms with Gasteiger partial charge in [0.2, 0.25) is 0 Å². The van der Waals surface area contributed by atoms with E-state index in [-0.39, 0.29) is 5.82 Å². The summed E-state index contributed by atoms with van der Waals surface area (Å²) < 4.78 is 15.9. The Balaban J connectivity index is 1.85. The molecule has 4 rings (SSSR count). The van der Waals surface area contributed by atoms with Gasteiger partial charge in [0.05, 0.1) is 6.20 Å². The van der Waals surface area contributed by atoms with Crippen molar-refractivity contribution in [2.75, 3.05) is 31.5 Å². The number of anilines is 1. The normalized spacial score (nSPS) is 15.3. The average molecular weight is 338 g/mol. The fraction of sp³-hybridized carbons (Fsp3) is 0.222. The van der Waals surface area contributed by atoms with E-state index < -0.39 is 0 Å². The number of nitrogens with one attached hydrogen (secondary N) is 3. The highest BCUT2D eigenvalue weighted by molar-refractivity contribution is 5.80. The standard InChI is InChI=1S/C18H19FN6/c1-12-13-8-14(10-15(19)9-13)16-11-23-25-7-2-17(24-18(16)25)22-6-4-20-3-5-21-12/h2,7-11,20-21H,1,3-6H2,(H,22,24). The zero-order valence-electron chi connectivity index (χ0n) is 13.7. The van der Waals surface area contributed by atoms with Gasteiger partial charge in [0.15, 0.2) is 5.65 Å². The van der Waals surface area contributed by atoms with Gasteiger partial charge in [-0.15, -0.1) is 0 Å². The summed E-state index contributed by atoms with van der Waals surface area (Å²) >= 11 is 0. The molecule has 0 unspecified atom stereocenters. The lowest BCUT2D eigenvalue weighted by molar-refractivity contribution is 0.627. The van der Waals surface area contributed by atoms with E-state index in [9.17, 15) is 4.39 Å². The van der Waals surface area contributed by atoms with Gasteiger partial charge in [-0.25, -0.2) is 13.9 Å². The second-order valence-corrected chi connectivity index (χ2v) is 5.95. The van der Waals surface area contributed by atoms with Gasteiger partial charge in [-0.05, 0) is 29.8 Å². The summed E-state index contributed by atoms with van der Waals surface area (Å²) in [6.45, 7) is 7.11. The van der Waals surface area contributed by atoms with E-state index in [1.165, 1.54) is 12.1 Å². The minimum atomic E-state index is -0.313. The maximum absolute atomic E-state index is 14.2. The van der Waals surface area contributed by atoms with Crippen LogP contribution in [0.25, 0.3) is 22.5 Å². The maximum atomic E-state index is 14.2. The van der Waals surface area contributed by atoms with Crippen molar-refractivity contribution in [1.29, 1.82) is 0 Å². The quantitative estimate of drug-likeness (QED) is 0.586. The zero-order valence-corrected chi connectivity index (χ0v) is 13.7. The van der Waals surface area contributed by atoms with E-state index in [2.05, 4.69) is 32.6 Å². The smallest absolute Gasteiger partial charge is 0.165 e. The van der Waals surface area contributed by atoms with Gasteiger partial charge in [-0.1, -0.05) is 6.58 Å². The fourth-order valence-corrected chi connectivity index (χ4v) is 2.90. The molecule has 0 spiro atoms. The Labute approximate surface area is 144 Å². The summed E-state index contributed by atoms with van der Waals surface area (Å²) in [5.41, 5.74) is 3.61. The molecule has 128 valence electrons. The van der Waals surface area contributed by atoms with E-state index in [1.807, 2.05) is 18.3 Å². The highest BCUT2D eigenvalue weighted by Gasteiger charge is 2.12. The van der Waals surface area contributed by atoms with E-state index >= 15 is 0 Å². The summed E-state index contributed by atoms with van der Waals surface area (Å²) in [7, 11) is 0. The molecule has 1 aliphatic rings. The zero-order chi connectivity index (χ0) is 17.2. The Morgan fingerprint density at radius 3 is 2.72 bits per heavy atom. The number of benzene rings is 1. The van der Waals surface area contributed by atoms with Crippen LogP contribution in [-0.4, -0.2) is 40.8 Å². The molecule has 0 atom stereocenters. The van der Waals surface area contributed by atoms with Crippen LogP contribution in [0, 0.1) is 5.82 Å². The van der Waals surface area contributed by atoms with Gasteiger partial charge in [-0.2, -0.15) is 5.10 Å². The molecule has 1 aliphatic heterocycles. The molecule has 0 saturated heterocycles. The highest BCUT2D eigenvalue weighted by atomic mass is 19.1. The van der Waals surface area contributed by atoms with Crippen LogP contribution in [0.4, 0.5) is 10.2 Å². The number of hydrogen-bond donors (Lipinski definition) is 3. The Morgan fingerprint density at radius 1 is 1.04 bits per heavy atom. The molecule has 7 heteroatoms. The highest BCUT2D eigenvalue weighted by Crippen LogP contribution is 2.27. The molecule has 0 fully saturated rings.